The lowest BCUT2D eigenvalue weighted by atomic mass is 9.78. The van der Waals surface area contributed by atoms with Crippen LogP contribution in [0.4, 0.5) is 4.79 Å². The first-order chi connectivity index (χ1) is 8.31. The Balaban J connectivity index is 3.18. The van der Waals surface area contributed by atoms with Gasteiger partial charge in [-0.1, -0.05) is 27.7 Å². The van der Waals surface area contributed by atoms with Gasteiger partial charge in [0.05, 0.1) is 0 Å². The zero-order chi connectivity index (χ0) is 14.1. The summed E-state index contributed by atoms with van der Waals surface area (Å²) in [6, 6.07) is -0.813. The molecule has 0 saturated carbocycles. The number of urea groups is 1. The minimum absolute atomic E-state index is 0.152. The second-order valence-corrected chi connectivity index (χ2v) is 5.21. The highest BCUT2D eigenvalue weighted by molar-refractivity contribution is 6.19. The van der Waals surface area contributed by atoms with E-state index in [-0.39, 0.29) is 17.9 Å². The van der Waals surface area contributed by atoms with Crippen molar-refractivity contribution >= 4 is 17.8 Å². The molecule has 1 unspecified atom stereocenters. The third-order valence-corrected chi connectivity index (χ3v) is 4.08. The maximum Gasteiger partial charge on any atom is 0.331 e. The van der Waals surface area contributed by atoms with Crippen LogP contribution in [0.3, 0.4) is 0 Å². The van der Waals surface area contributed by atoms with Crippen LogP contribution >= 0.6 is 0 Å². The van der Waals surface area contributed by atoms with Gasteiger partial charge in [-0.2, -0.15) is 0 Å². The van der Waals surface area contributed by atoms with E-state index in [0.29, 0.717) is 12.8 Å². The largest absolute Gasteiger partial charge is 0.331 e. The Bertz CT molecular complexity index is 372. The van der Waals surface area contributed by atoms with Crippen molar-refractivity contribution in [3.05, 3.63) is 0 Å². The van der Waals surface area contributed by atoms with Crippen LogP contribution in [0, 0.1) is 11.3 Å². The zero-order valence-electron chi connectivity index (χ0n) is 11.7. The van der Waals surface area contributed by atoms with Crippen molar-refractivity contribution in [3.8, 4) is 0 Å². The van der Waals surface area contributed by atoms with E-state index in [2.05, 4.69) is 5.32 Å². The van der Waals surface area contributed by atoms with E-state index in [1.165, 1.54) is 4.90 Å². The molecule has 0 spiro atoms. The van der Waals surface area contributed by atoms with Gasteiger partial charge < -0.3 is 0 Å². The van der Waals surface area contributed by atoms with Gasteiger partial charge in [-0.3, -0.25) is 19.8 Å². The third kappa shape index (κ3) is 2.02. The molecule has 0 aromatic heterocycles. The normalized spacial score (nSPS) is 21.2. The van der Waals surface area contributed by atoms with E-state index in [1.54, 1.807) is 13.8 Å². The molecule has 0 aromatic carbocycles. The van der Waals surface area contributed by atoms with Gasteiger partial charge in [-0.25, -0.2) is 4.79 Å². The van der Waals surface area contributed by atoms with Gasteiger partial charge >= 0.3 is 6.03 Å². The Labute approximate surface area is 108 Å². The van der Waals surface area contributed by atoms with Gasteiger partial charge in [-0.15, -0.1) is 0 Å². The van der Waals surface area contributed by atoms with Crippen LogP contribution in [0.2, 0.25) is 0 Å². The summed E-state index contributed by atoms with van der Waals surface area (Å²) in [7, 11) is 0. The molecule has 1 heterocycles. The molecule has 4 amide bonds. The van der Waals surface area contributed by atoms with Crippen molar-refractivity contribution in [3.63, 3.8) is 0 Å². The quantitative estimate of drug-likeness (QED) is 0.779. The van der Waals surface area contributed by atoms with Gasteiger partial charge in [0.25, 0.3) is 0 Å². The van der Waals surface area contributed by atoms with E-state index >= 15 is 0 Å². The molecule has 1 fully saturated rings. The van der Waals surface area contributed by atoms with E-state index in [1.807, 2.05) is 20.8 Å². The Morgan fingerprint density at radius 3 is 2.00 bits per heavy atom. The van der Waals surface area contributed by atoms with Crippen molar-refractivity contribution in [2.24, 2.45) is 11.3 Å². The predicted molar refractivity (Wildman–Crippen MR) is 67.7 cm³/mol. The molecule has 1 aliphatic rings. The molecule has 5 nitrogen and oxygen atoms in total. The number of carbonyl (C=O) groups is 3. The average molecular weight is 254 g/mol. The van der Waals surface area contributed by atoms with Gasteiger partial charge in [0.1, 0.15) is 5.41 Å². The molecule has 1 N–H and O–H groups in total. The monoisotopic (exact) mass is 254 g/mol. The minimum atomic E-state index is -1.09. The molecule has 18 heavy (non-hydrogen) atoms. The molecule has 102 valence electrons. The number of rotatable bonds is 4. The highest BCUT2D eigenvalue weighted by atomic mass is 16.2. The molecule has 1 saturated heterocycles. The standard InChI is InChI=1S/C13H22N2O3/c1-6-13(7-2)10(16)14-12(18)15(11(13)17)9(5)8(3)4/h8-9H,6-7H2,1-5H3,(H,14,16,18). The predicted octanol–water partition coefficient (Wildman–Crippen LogP) is 1.92. The van der Waals surface area contributed by atoms with Gasteiger partial charge in [0, 0.05) is 6.04 Å². The summed E-state index contributed by atoms with van der Waals surface area (Å²) in [6.07, 6.45) is 0.811. The van der Waals surface area contributed by atoms with Crippen LogP contribution in [0.5, 0.6) is 0 Å². The van der Waals surface area contributed by atoms with Crippen LogP contribution in [0.1, 0.15) is 47.5 Å². The lowest BCUT2D eigenvalue weighted by molar-refractivity contribution is -0.154. The maximum atomic E-state index is 12.5. The molecular formula is C13H22N2O3. The van der Waals surface area contributed by atoms with Crippen LogP contribution in [0.15, 0.2) is 0 Å². The zero-order valence-corrected chi connectivity index (χ0v) is 11.7. The first-order valence-corrected chi connectivity index (χ1v) is 6.50. The lowest BCUT2D eigenvalue weighted by Gasteiger charge is -2.41. The molecule has 1 aliphatic heterocycles. The summed E-state index contributed by atoms with van der Waals surface area (Å²) in [5, 5.41) is 2.32. The fourth-order valence-electron chi connectivity index (χ4n) is 2.24. The molecule has 1 atom stereocenters. The highest BCUT2D eigenvalue weighted by Crippen LogP contribution is 2.33. The van der Waals surface area contributed by atoms with Crippen LogP contribution < -0.4 is 5.32 Å². The maximum absolute atomic E-state index is 12.5. The SMILES string of the molecule is CCC1(CC)C(=O)NC(=O)N(C(C)C(C)C)C1=O. The number of barbiturate groups is 1. The van der Waals surface area contributed by atoms with Crippen LogP contribution in [-0.2, 0) is 9.59 Å². The van der Waals surface area contributed by atoms with Crippen molar-refractivity contribution in [1.82, 2.24) is 10.2 Å². The second-order valence-electron chi connectivity index (χ2n) is 5.21. The van der Waals surface area contributed by atoms with E-state index in [4.69, 9.17) is 0 Å². The van der Waals surface area contributed by atoms with Gasteiger partial charge in [0.2, 0.25) is 11.8 Å². The average Bonchev–Trinajstić information content (AvgIpc) is 2.30. The van der Waals surface area contributed by atoms with E-state index in [9.17, 15) is 14.4 Å². The molecule has 5 heteroatoms. The molecule has 1 rings (SSSR count). The van der Waals surface area contributed by atoms with E-state index < -0.39 is 17.4 Å². The highest BCUT2D eigenvalue weighted by Gasteiger charge is 2.52. The summed E-state index contributed by atoms with van der Waals surface area (Å²) in [6.45, 7) is 9.32. The number of hydrogen-bond donors (Lipinski definition) is 1. The molecule has 0 aliphatic carbocycles. The Kier molecular flexibility index (Phi) is 4.14. The van der Waals surface area contributed by atoms with Crippen molar-refractivity contribution < 1.29 is 14.4 Å². The minimum Gasteiger partial charge on any atom is -0.277 e. The fraction of sp³-hybridized carbons (Fsp3) is 0.769. The van der Waals surface area contributed by atoms with Crippen molar-refractivity contribution in [1.29, 1.82) is 0 Å². The molecule has 0 radical (unpaired) electrons. The molecule has 0 bridgehead atoms. The number of carbonyl (C=O) groups excluding carboxylic acids is 3. The summed E-state index contributed by atoms with van der Waals surface area (Å²) in [4.78, 5) is 37.5. The summed E-state index contributed by atoms with van der Waals surface area (Å²) in [5.74, 6) is -0.670. The Morgan fingerprint density at radius 2 is 1.61 bits per heavy atom. The number of nitrogens with zero attached hydrogens (tertiary/aromatic N) is 1. The summed E-state index contributed by atoms with van der Waals surface area (Å²) in [5.41, 5.74) is -1.09. The third-order valence-electron chi connectivity index (χ3n) is 4.08. The molecular weight excluding hydrogens is 232 g/mol. The van der Waals surface area contributed by atoms with Gasteiger partial charge in [0.15, 0.2) is 0 Å². The summed E-state index contributed by atoms with van der Waals surface area (Å²) >= 11 is 0. The number of amides is 4. The number of nitrogens with one attached hydrogen (secondary N) is 1. The number of hydrogen-bond acceptors (Lipinski definition) is 3. The lowest BCUT2D eigenvalue weighted by Crippen LogP contribution is -2.66. The Morgan fingerprint density at radius 1 is 1.11 bits per heavy atom. The van der Waals surface area contributed by atoms with Crippen LogP contribution in [-0.4, -0.2) is 28.8 Å². The first kappa shape index (κ1) is 14.7. The molecule has 0 aromatic rings. The van der Waals surface area contributed by atoms with Crippen molar-refractivity contribution in [2.75, 3.05) is 0 Å². The van der Waals surface area contributed by atoms with Gasteiger partial charge in [-0.05, 0) is 25.7 Å². The van der Waals surface area contributed by atoms with E-state index in [0.717, 1.165) is 0 Å². The van der Waals surface area contributed by atoms with Crippen molar-refractivity contribution in [2.45, 2.75) is 53.5 Å². The number of imide groups is 2. The topological polar surface area (TPSA) is 66.5 Å². The van der Waals surface area contributed by atoms with Crippen LogP contribution in [0.25, 0.3) is 0 Å². The second kappa shape index (κ2) is 5.08. The summed E-state index contributed by atoms with van der Waals surface area (Å²) < 4.78 is 0. The smallest absolute Gasteiger partial charge is 0.277 e. The Hall–Kier alpha value is -1.39. The fourth-order valence-corrected chi connectivity index (χ4v) is 2.24. The first-order valence-electron chi connectivity index (χ1n) is 6.50.